The number of carbonyl (C=O) groups is 2. The van der Waals surface area contributed by atoms with Crippen molar-refractivity contribution in [2.45, 2.75) is 13.0 Å². The maximum Gasteiger partial charge on any atom is 0.298 e. The van der Waals surface area contributed by atoms with Crippen molar-refractivity contribution in [3.05, 3.63) is 64.7 Å². The summed E-state index contributed by atoms with van der Waals surface area (Å²) in [4.78, 5) is 26.2. The number of Topliss-reactive ketones (excluding diaryl/α,β-unsaturated/α-hetero) is 1. The number of carbonyl (C=O) groups excluding carboxylic acids is 2. The molecule has 1 amide bonds. The van der Waals surface area contributed by atoms with Crippen LogP contribution in [0.2, 0.25) is 5.02 Å². The van der Waals surface area contributed by atoms with Crippen LogP contribution in [-0.4, -0.2) is 33.3 Å². The Morgan fingerprint density at radius 1 is 1.20 bits per heavy atom. The van der Waals surface area contributed by atoms with Gasteiger partial charge in [-0.15, -0.1) is 0 Å². The summed E-state index contributed by atoms with van der Waals surface area (Å²) < 4.78 is 5.04. The number of benzene rings is 1. The van der Waals surface area contributed by atoms with Gasteiger partial charge in [0.2, 0.25) is 0 Å². The van der Waals surface area contributed by atoms with E-state index in [1.54, 1.807) is 18.2 Å². The van der Waals surface area contributed by atoms with Gasteiger partial charge in [-0.3, -0.25) is 14.7 Å². The molecular formula is C18H14ClN3O3. The largest absolute Gasteiger partial charge is 0.461 e. The summed E-state index contributed by atoms with van der Waals surface area (Å²) in [5.41, 5.74) is 3.59. The van der Waals surface area contributed by atoms with Crippen molar-refractivity contribution in [2.75, 3.05) is 6.54 Å². The summed E-state index contributed by atoms with van der Waals surface area (Å²) in [6, 6.07) is 10.4. The molecule has 0 saturated carbocycles. The molecule has 0 bridgehead atoms. The molecule has 126 valence electrons. The number of H-pyrrole nitrogens is 1. The highest BCUT2D eigenvalue weighted by molar-refractivity contribution is 6.41. The zero-order chi connectivity index (χ0) is 17.4. The lowest BCUT2D eigenvalue weighted by Crippen LogP contribution is -2.40. The average Bonchev–Trinajstić information content (AvgIpc) is 3.30. The van der Waals surface area contributed by atoms with E-state index in [1.807, 2.05) is 12.1 Å². The maximum atomic E-state index is 12.5. The third-order valence-electron chi connectivity index (χ3n) is 4.28. The molecule has 6 nitrogen and oxygen atoms in total. The van der Waals surface area contributed by atoms with Gasteiger partial charge in [-0.25, -0.2) is 0 Å². The van der Waals surface area contributed by atoms with Crippen molar-refractivity contribution in [3.8, 4) is 11.3 Å². The lowest BCUT2D eigenvalue weighted by Gasteiger charge is -2.26. The van der Waals surface area contributed by atoms with Gasteiger partial charge in [0.05, 0.1) is 18.5 Å². The molecule has 25 heavy (non-hydrogen) atoms. The molecule has 0 aliphatic carbocycles. The van der Waals surface area contributed by atoms with Crippen LogP contribution in [0, 0.1) is 0 Å². The molecule has 1 aliphatic heterocycles. The highest BCUT2D eigenvalue weighted by atomic mass is 35.5. The zero-order valence-corrected chi connectivity index (χ0v) is 13.9. The van der Waals surface area contributed by atoms with Gasteiger partial charge in [0.15, 0.2) is 5.76 Å². The number of nitrogens with zero attached hydrogens (tertiary/aromatic N) is 2. The first-order valence-electron chi connectivity index (χ1n) is 7.82. The van der Waals surface area contributed by atoms with E-state index in [1.165, 1.54) is 17.2 Å². The molecule has 1 N–H and O–H groups in total. The molecule has 0 spiro atoms. The van der Waals surface area contributed by atoms with E-state index < -0.39 is 11.7 Å². The standard InChI is InChI=1S/C18H14ClN3O3/c19-12-5-3-11(4-6-12)16-13-10-22(8-7-14(13)20-21-16)18(24)17(23)15-2-1-9-25-15/h1-6,9H,7-8,10H2,(H,20,21). The van der Waals surface area contributed by atoms with Crippen molar-refractivity contribution < 1.29 is 14.0 Å². The van der Waals surface area contributed by atoms with Gasteiger partial charge < -0.3 is 9.32 Å². The number of nitrogens with one attached hydrogen (secondary N) is 1. The predicted molar refractivity (Wildman–Crippen MR) is 91.2 cm³/mol. The van der Waals surface area contributed by atoms with Gasteiger partial charge in [-0.2, -0.15) is 5.10 Å². The highest BCUT2D eigenvalue weighted by Crippen LogP contribution is 2.29. The number of halogens is 1. The number of rotatable bonds is 3. The predicted octanol–water partition coefficient (Wildman–Crippen LogP) is 3.09. The van der Waals surface area contributed by atoms with E-state index in [4.69, 9.17) is 16.0 Å². The summed E-state index contributed by atoms with van der Waals surface area (Å²) in [6.07, 6.45) is 2.00. The number of fused-ring (bicyclic) bond motifs is 1. The summed E-state index contributed by atoms with van der Waals surface area (Å²) in [7, 11) is 0. The lowest BCUT2D eigenvalue weighted by molar-refractivity contribution is -0.127. The van der Waals surface area contributed by atoms with Crippen LogP contribution < -0.4 is 0 Å². The fourth-order valence-corrected chi connectivity index (χ4v) is 3.10. The Morgan fingerprint density at radius 3 is 2.72 bits per heavy atom. The molecule has 0 atom stereocenters. The Balaban J connectivity index is 1.60. The average molecular weight is 356 g/mol. The zero-order valence-electron chi connectivity index (χ0n) is 13.2. The van der Waals surface area contributed by atoms with Crippen LogP contribution in [0.5, 0.6) is 0 Å². The molecule has 0 radical (unpaired) electrons. The molecule has 3 aromatic rings. The minimum atomic E-state index is -0.634. The smallest absolute Gasteiger partial charge is 0.298 e. The van der Waals surface area contributed by atoms with Crippen molar-refractivity contribution in [1.82, 2.24) is 15.1 Å². The Kier molecular flexibility index (Phi) is 3.89. The van der Waals surface area contributed by atoms with Gasteiger partial charge in [-0.05, 0) is 24.3 Å². The number of furan rings is 1. The first kappa shape index (κ1) is 15.7. The second-order valence-corrected chi connectivity index (χ2v) is 6.26. The first-order valence-corrected chi connectivity index (χ1v) is 8.20. The normalized spacial score (nSPS) is 13.6. The summed E-state index contributed by atoms with van der Waals surface area (Å²) in [5.74, 6) is -1.14. The minimum Gasteiger partial charge on any atom is -0.461 e. The van der Waals surface area contributed by atoms with Crippen molar-refractivity contribution in [2.24, 2.45) is 0 Å². The minimum absolute atomic E-state index is 0.0564. The number of aromatic nitrogens is 2. The molecule has 0 saturated heterocycles. The monoisotopic (exact) mass is 355 g/mol. The molecule has 4 rings (SSSR count). The topological polar surface area (TPSA) is 79.2 Å². The van der Waals surface area contributed by atoms with Crippen LogP contribution >= 0.6 is 11.6 Å². The number of hydrogen-bond acceptors (Lipinski definition) is 4. The Hall–Kier alpha value is -2.86. The van der Waals surface area contributed by atoms with Gasteiger partial charge in [0.25, 0.3) is 11.7 Å². The molecule has 2 aromatic heterocycles. The Labute approximate surface area is 148 Å². The fourth-order valence-electron chi connectivity index (χ4n) is 2.97. The van der Waals surface area contributed by atoms with Crippen molar-refractivity contribution >= 4 is 23.3 Å². The molecule has 3 heterocycles. The summed E-state index contributed by atoms with van der Waals surface area (Å²) in [5, 5.41) is 8.06. The Bertz CT molecular complexity index is 929. The number of aromatic amines is 1. The van der Waals surface area contributed by atoms with E-state index in [0.29, 0.717) is 24.5 Å². The van der Waals surface area contributed by atoms with Crippen LogP contribution in [-0.2, 0) is 17.8 Å². The first-order chi connectivity index (χ1) is 12.1. The number of hydrogen-bond donors (Lipinski definition) is 1. The number of ketones is 1. The van der Waals surface area contributed by atoms with Gasteiger partial charge in [-0.1, -0.05) is 23.7 Å². The molecule has 1 aromatic carbocycles. The second-order valence-electron chi connectivity index (χ2n) is 5.82. The van der Waals surface area contributed by atoms with Gasteiger partial charge in [0.1, 0.15) is 0 Å². The highest BCUT2D eigenvalue weighted by Gasteiger charge is 2.30. The SMILES string of the molecule is O=C(C(=O)N1CCc2[nH]nc(-c3ccc(Cl)cc3)c2C1)c1ccco1. The molecule has 1 aliphatic rings. The lowest BCUT2D eigenvalue weighted by atomic mass is 10.0. The number of amides is 1. The molecular weight excluding hydrogens is 342 g/mol. The van der Waals surface area contributed by atoms with E-state index >= 15 is 0 Å². The fraction of sp³-hybridized carbons (Fsp3) is 0.167. The van der Waals surface area contributed by atoms with E-state index in [9.17, 15) is 9.59 Å². The van der Waals surface area contributed by atoms with Crippen LogP contribution in [0.25, 0.3) is 11.3 Å². The summed E-state index contributed by atoms with van der Waals surface area (Å²) >= 11 is 5.94. The van der Waals surface area contributed by atoms with Gasteiger partial charge in [0, 0.05) is 34.8 Å². The molecule has 7 heteroatoms. The van der Waals surface area contributed by atoms with Crippen molar-refractivity contribution in [1.29, 1.82) is 0 Å². The van der Waals surface area contributed by atoms with Gasteiger partial charge >= 0.3 is 0 Å². The van der Waals surface area contributed by atoms with Crippen LogP contribution in [0.1, 0.15) is 21.8 Å². The summed E-state index contributed by atoms with van der Waals surface area (Å²) in [6.45, 7) is 0.787. The van der Waals surface area contributed by atoms with Crippen LogP contribution in [0.15, 0.2) is 47.1 Å². The van der Waals surface area contributed by atoms with E-state index in [2.05, 4.69) is 10.2 Å². The quantitative estimate of drug-likeness (QED) is 0.578. The maximum absolute atomic E-state index is 12.5. The second kappa shape index (κ2) is 6.22. The third-order valence-corrected chi connectivity index (χ3v) is 4.53. The molecule has 0 fully saturated rings. The van der Waals surface area contributed by atoms with E-state index in [-0.39, 0.29) is 5.76 Å². The molecule has 0 unspecified atom stereocenters. The van der Waals surface area contributed by atoms with Crippen molar-refractivity contribution in [3.63, 3.8) is 0 Å². The van der Waals surface area contributed by atoms with E-state index in [0.717, 1.165) is 22.5 Å². The Morgan fingerprint density at radius 2 is 2.00 bits per heavy atom. The van der Waals surface area contributed by atoms with Crippen LogP contribution in [0.4, 0.5) is 0 Å². The van der Waals surface area contributed by atoms with Crippen LogP contribution in [0.3, 0.4) is 0 Å². The third kappa shape index (κ3) is 2.85.